The molecule has 1 aromatic heterocycles. The lowest BCUT2D eigenvalue weighted by Crippen LogP contribution is -2.49. The molecule has 0 aliphatic carbocycles. The Morgan fingerprint density at radius 3 is 2.34 bits per heavy atom. The van der Waals surface area contributed by atoms with Crippen molar-refractivity contribution in [3.63, 3.8) is 0 Å². The van der Waals surface area contributed by atoms with Crippen LogP contribution in [-0.4, -0.2) is 52.6 Å². The van der Waals surface area contributed by atoms with E-state index in [9.17, 15) is 20.0 Å². The highest BCUT2D eigenvalue weighted by atomic mass is 35.5. The molecule has 1 aliphatic heterocycles. The second-order valence-corrected chi connectivity index (χ2v) is 8.83. The van der Waals surface area contributed by atoms with Gasteiger partial charge in [-0.3, -0.25) is 4.79 Å². The van der Waals surface area contributed by atoms with Gasteiger partial charge in [-0.15, -0.1) is 0 Å². The molecule has 1 saturated heterocycles. The fourth-order valence-electron chi connectivity index (χ4n) is 4.40. The van der Waals surface area contributed by atoms with Crippen molar-refractivity contribution in [1.82, 2.24) is 9.47 Å². The van der Waals surface area contributed by atoms with E-state index in [1.54, 1.807) is 17.0 Å². The molecule has 178 valence electrons. The van der Waals surface area contributed by atoms with Gasteiger partial charge in [0.25, 0.3) is 5.91 Å². The number of carboxylic acids is 1. The van der Waals surface area contributed by atoms with Gasteiger partial charge in [-0.25, -0.2) is 4.79 Å². The number of hydrogen-bond acceptors (Lipinski definition) is 4. The lowest BCUT2D eigenvalue weighted by Gasteiger charge is -2.36. The number of carboxylic acid groups (broad SMARTS) is 1. The van der Waals surface area contributed by atoms with E-state index < -0.39 is 5.97 Å². The average molecular weight is 489 g/mol. The lowest BCUT2D eigenvalue weighted by molar-refractivity contribution is -0.126. The predicted octanol–water partition coefficient (Wildman–Crippen LogP) is 4.70. The Hall–Kier alpha value is -4.02. The van der Waals surface area contributed by atoms with Gasteiger partial charge >= 0.3 is 5.97 Å². The van der Waals surface area contributed by atoms with Crippen LogP contribution < -0.4 is 4.90 Å². The van der Waals surface area contributed by atoms with E-state index in [1.165, 1.54) is 12.1 Å². The van der Waals surface area contributed by atoms with E-state index in [1.807, 2.05) is 54.8 Å². The molecule has 1 fully saturated rings. The summed E-state index contributed by atoms with van der Waals surface area (Å²) >= 11 is 6.38. The molecule has 8 heteroatoms. The zero-order valence-corrected chi connectivity index (χ0v) is 20.3. The van der Waals surface area contributed by atoms with Gasteiger partial charge in [0, 0.05) is 43.3 Å². The number of aromatic nitrogens is 1. The maximum absolute atomic E-state index is 13.1. The minimum absolute atomic E-state index is 0.0591. The van der Waals surface area contributed by atoms with E-state index in [0.717, 1.165) is 17.1 Å². The summed E-state index contributed by atoms with van der Waals surface area (Å²) in [7, 11) is 0. The second kappa shape index (κ2) is 10.1. The van der Waals surface area contributed by atoms with Crippen LogP contribution in [-0.2, 0) is 4.79 Å². The maximum atomic E-state index is 13.1. The highest BCUT2D eigenvalue weighted by Crippen LogP contribution is 2.29. The van der Waals surface area contributed by atoms with Crippen molar-refractivity contribution in [2.45, 2.75) is 13.8 Å². The first-order valence-electron chi connectivity index (χ1n) is 11.2. The number of piperazine rings is 1. The smallest absolute Gasteiger partial charge is 0.335 e. The molecular formula is C27H25ClN4O3. The van der Waals surface area contributed by atoms with Gasteiger partial charge in [-0.1, -0.05) is 29.8 Å². The molecule has 7 nitrogen and oxygen atoms in total. The largest absolute Gasteiger partial charge is 0.478 e. The first-order valence-corrected chi connectivity index (χ1v) is 11.6. The third-order valence-electron chi connectivity index (χ3n) is 6.24. The minimum Gasteiger partial charge on any atom is -0.478 e. The van der Waals surface area contributed by atoms with Crippen molar-refractivity contribution < 1.29 is 14.7 Å². The summed E-state index contributed by atoms with van der Waals surface area (Å²) in [5, 5.41) is 19.5. The van der Waals surface area contributed by atoms with Crippen molar-refractivity contribution in [1.29, 1.82) is 5.26 Å². The van der Waals surface area contributed by atoms with E-state index in [4.69, 9.17) is 11.6 Å². The zero-order valence-electron chi connectivity index (χ0n) is 19.5. The van der Waals surface area contributed by atoms with E-state index in [0.29, 0.717) is 42.5 Å². The van der Waals surface area contributed by atoms with Crippen LogP contribution in [0.15, 0.2) is 60.2 Å². The summed E-state index contributed by atoms with van der Waals surface area (Å²) in [6.45, 7) is 6.17. The van der Waals surface area contributed by atoms with Gasteiger partial charge < -0.3 is 19.5 Å². The number of amides is 1. The van der Waals surface area contributed by atoms with Crippen LogP contribution in [0.4, 0.5) is 5.69 Å². The van der Waals surface area contributed by atoms with Crippen molar-refractivity contribution in [3.05, 3.63) is 87.7 Å². The molecule has 0 radical (unpaired) electrons. The Bertz CT molecular complexity index is 1350. The third-order valence-corrected chi connectivity index (χ3v) is 6.56. The summed E-state index contributed by atoms with van der Waals surface area (Å²) < 4.78 is 1.83. The Morgan fingerprint density at radius 2 is 1.71 bits per heavy atom. The van der Waals surface area contributed by atoms with Crippen LogP contribution in [0.2, 0.25) is 5.02 Å². The number of benzene rings is 2. The highest BCUT2D eigenvalue weighted by Gasteiger charge is 2.24. The topological polar surface area (TPSA) is 89.6 Å². The van der Waals surface area contributed by atoms with Gasteiger partial charge in [-0.05, 0) is 61.9 Å². The average Bonchev–Trinajstić information content (AvgIpc) is 3.15. The number of aromatic carboxylic acids is 1. The highest BCUT2D eigenvalue weighted by molar-refractivity contribution is 6.32. The number of nitrogens with zero attached hydrogens (tertiary/aromatic N) is 4. The summed E-state index contributed by atoms with van der Waals surface area (Å²) in [6.07, 6.45) is 1.60. The van der Waals surface area contributed by atoms with Crippen molar-refractivity contribution in [2.75, 3.05) is 31.1 Å². The number of carbonyl (C=O) groups excluding carboxylic acids is 1. The summed E-state index contributed by atoms with van der Waals surface area (Å²) in [5.74, 6) is -1.34. The molecular weight excluding hydrogens is 464 g/mol. The number of anilines is 1. The molecule has 2 aromatic carbocycles. The van der Waals surface area contributed by atoms with Crippen molar-refractivity contribution >= 4 is 35.2 Å². The number of nitriles is 1. The first-order chi connectivity index (χ1) is 16.8. The number of aryl methyl sites for hydroxylation is 1. The first kappa shape index (κ1) is 24.1. The molecule has 35 heavy (non-hydrogen) atoms. The Kier molecular flexibility index (Phi) is 6.94. The fraction of sp³-hybridized carbons (Fsp3) is 0.222. The SMILES string of the molecule is Cc1cc(/C=C(/C#N)C(=O)N2CCN(c3ccccc3)CC2)c(C)n1-c1cc(C(=O)O)ccc1Cl. The lowest BCUT2D eigenvalue weighted by atomic mass is 10.1. The molecule has 3 aromatic rings. The summed E-state index contributed by atoms with van der Waals surface area (Å²) in [5.41, 5.74) is 4.09. The monoisotopic (exact) mass is 488 g/mol. The molecule has 1 N–H and O–H groups in total. The van der Waals surface area contributed by atoms with Gasteiger partial charge in [0.1, 0.15) is 11.6 Å². The van der Waals surface area contributed by atoms with Gasteiger partial charge in [0.2, 0.25) is 0 Å². The Morgan fingerprint density at radius 1 is 1.03 bits per heavy atom. The molecule has 0 spiro atoms. The van der Waals surface area contributed by atoms with Gasteiger partial charge in [-0.2, -0.15) is 5.26 Å². The van der Waals surface area contributed by atoms with Crippen LogP contribution in [0.5, 0.6) is 0 Å². The van der Waals surface area contributed by atoms with Crippen LogP contribution in [0.1, 0.15) is 27.3 Å². The molecule has 2 heterocycles. The number of carbonyl (C=O) groups is 2. The van der Waals surface area contributed by atoms with Crippen LogP contribution in [0.3, 0.4) is 0 Å². The van der Waals surface area contributed by atoms with Crippen molar-refractivity contribution in [2.24, 2.45) is 0 Å². The van der Waals surface area contributed by atoms with Crippen LogP contribution in [0.25, 0.3) is 11.8 Å². The number of halogens is 1. The molecule has 1 amide bonds. The predicted molar refractivity (Wildman–Crippen MR) is 136 cm³/mol. The van der Waals surface area contributed by atoms with Crippen LogP contribution in [0, 0.1) is 25.2 Å². The van der Waals surface area contributed by atoms with E-state index in [2.05, 4.69) is 11.0 Å². The fourth-order valence-corrected chi connectivity index (χ4v) is 4.60. The summed E-state index contributed by atoms with van der Waals surface area (Å²) in [4.78, 5) is 28.5. The van der Waals surface area contributed by atoms with Crippen LogP contribution >= 0.6 is 11.6 Å². The maximum Gasteiger partial charge on any atom is 0.335 e. The Balaban J connectivity index is 1.58. The molecule has 4 rings (SSSR count). The second-order valence-electron chi connectivity index (χ2n) is 8.42. The number of hydrogen-bond donors (Lipinski definition) is 1. The molecule has 0 saturated carbocycles. The van der Waals surface area contributed by atoms with E-state index >= 15 is 0 Å². The molecule has 1 aliphatic rings. The zero-order chi connectivity index (χ0) is 25.1. The molecule has 0 unspecified atom stereocenters. The number of rotatable bonds is 5. The van der Waals surface area contributed by atoms with Crippen molar-refractivity contribution in [3.8, 4) is 11.8 Å². The summed E-state index contributed by atoms with van der Waals surface area (Å²) in [6, 6.07) is 18.5. The minimum atomic E-state index is -1.05. The third kappa shape index (κ3) is 4.93. The van der Waals surface area contributed by atoms with Gasteiger partial charge in [0.15, 0.2) is 0 Å². The molecule has 0 atom stereocenters. The van der Waals surface area contributed by atoms with Gasteiger partial charge in [0.05, 0.1) is 16.3 Å². The normalized spacial score (nSPS) is 14.1. The molecule has 0 bridgehead atoms. The quantitative estimate of drug-likeness (QED) is 0.415. The standard InChI is InChI=1S/C27H25ClN4O3/c1-18-14-21(19(2)32(18)25-16-20(27(34)35)8-9-24(25)28)15-22(17-29)26(33)31-12-10-30(11-13-31)23-6-4-3-5-7-23/h3-9,14-16H,10-13H2,1-2H3,(H,34,35)/b22-15-. The Labute approximate surface area is 209 Å². The number of para-hydroxylation sites is 1. The van der Waals surface area contributed by atoms with E-state index in [-0.39, 0.29) is 17.0 Å².